The molecule has 1 heterocycles. The van der Waals surface area contributed by atoms with Gasteiger partial charge >= 0.3 is 0 Å². The van der Waals surface area contributed by atoms with E-state index in [0.29, 0.717) is 18.7 Å². The summed E-state index contributed by atoms with van der Waals surface area (Å²) < 4.78 is 0. The molecule has 154 valence electrons. The van der Waals surface area contributed by atoms with Crippen molar-refractivity contribution in [2.45, 2.75) is 33.7 Å². The number of nitrogens with one attached hydrogen (secondary N) is 1. The molecule has 5 nitrogen and oxygen atoms in total. The number of aryl methyl sites for hydroxylation is 2. The van der Waals surface area contributed by atoms with Crippen LogP contribution in [-0.4, -0.2) is 48.9 Å². The summed E-state index contributed by atoms with van der Waals surface area (Å²) in [6, 6.07) is 15.3. The molecule has 2 aromatic rings. The molecule has 29 heavy (non-hydrogen) atoms. The Kier molecular flexibility index (Phi) is 6.57. The molecular formula is C24H31N3O2. The maximum absolute atomic E-state index is 13.2. The number of amides is 2. The number of rotatable bonds is 5. The fourth-order valence-electron chi connectivity index (χ4n) is 3.84. The maximum Gasteiger partial charge on any atom is 0.252 e. The van der Waals surface area contributed by atoms with Crippen molar-refractivity contribution in [3.8, 4) is 0 Å². The van der Waals surface area contributed by atoms with E-state index in [-0.39, 0.29) is 17.7 Å². The van der Waals surface area contributed by atoms with Crippen LogP contribution in [0.3, 0.4) is 0 Å². The van der Waals surface area contributed by atoms with E-state index in [2.05, 4.69) is 35.3 Å². The van der Waals surface area contributed by atoms with Crippen LogP contribution >= 0.6 is 0 Å². The van der Waals surface area contributed by atoms with E-state index < -0.39 is 6.04 Å². The number of para-hydroxylation sites is 1. The van der Waals surface area contributed by atoms with Gasteiger partial charge in [-0.1, -0.05) is 50.2 Å². The van der Waals surface area contributed by atoms with Crippen molar-refractivity contribution in [3.05, 3.63) is 65.2 Å². The van der Waals surface area contributed by atoms with Gasteiger partial charge in [0.1, 0.15) is 6.04 Å². The zero-order valence-electron chi connectivity index (χ0n) is 17.8. The molecule has 1 N–H and O–H groups in total. The topological polar surface area (TPSA) is 52.7 Å². The van der Waals surface area contributed by atoms with Gasteiger partial charge in [-0.3, -0.25) is 9.59 Å². The third kappa shape index (κ3) is 4.78. The number of hydrogen-bond donors (Lipinski definition) is 1. The van der Waals surface area contributed by atoms with Crippen LogP contribution in [0, 0.1) is 19.8 Å². The Hall–Kier alpha value is -2.82. The summed E-state index contributed by atoms with van der Waals surface area (Å²) in [7, 11) is 0. The average Bonchev–Trinajstić information content (AvgIpc) is 2.72. The molecule has 0 saturated carbocycles. The summed E-state index contributed by atoms with van der Waals surface area (Å²) in [4.78, 5) is 30.2. The van der Waals surface area contributed by atoms with Gasteiger partial charge in [0.15, 0.2) is 0 Å². The van der Waals surface area contributed by atoms with Crippen LogP contribution < -0.4 is 10.2 Å². The lowest BCUT2D eigenvalue weighted by Crippen LogP contribution is -2.56. The van der Waals surface area contributed by atoms with Crippen LogP contribution in [0.2, 0.25) is 0 Å². The molecule has 1 aliphatic rings. The first-order valence-corrected chi connectivity index (χ1v) is 10.3. The van der Waals surface area contributed by atoms with Crippen LogP contribution in [0.4, 0.5) is 5.69 Å². The first kappa shape index (κ1) is 20.9. The van der Waals surface area contributed by atoms with Crippen LogP contribution in [0.5, 0.6) is 0 Å². The molecule has 0 aromatic heterocycles. The molecule has 1 unspecified atom stereocenters. The summed E-state index contributed by atoms with van der Waals surface area (Å²) in [5, 5.41) is 2.98. The lowest BCUT2D eigenvalue weighted by molar-refractivity contribution is -0.134. The van der Waals surface area contributed by atoms with E-state index in [1.807, 2.05) is 49.9 Å². The molecule has 5 heteroatoms. The zero-order chi connectivity index (χ0) is 21.0. The Balaban J connectivity index is 1.65. The van der Waals surface area contributed by atoms with Crippen molar-refractivity contribution >= 4 is 17.5 Å². The second-order valence-corrected chi connectivity index (χ2v) is 8.11. The van der Waals surface area contributed by atoms with Gasteiger partial charge < -0.3 is 15.1 Å². The number of carbonyl (C=O) groups is 2. The lowest BCUT2D eigenvalue weighted by atomic mass is 10.0. The predicted molar refractivity (Wildman–Crippen MR) is 117 cm³/mol. The van der Waals surface area contributed by atoms with Gasteiger partial charge in [-0.25, -0.2) is 0 Å². The van der Waals surface area contributed by atoms with Gasteiger partial charge in [0.05, 0.1) is 0 Å². The van der Waals surface area contributed by atoms with Crippen molar-refractivity contribution < 1.29 is 9.59 Å². The van der Waals surface area contributed by atoms with Gasteiger partial charge in [0.2, 0.25) is 5.91 Å². The van der Waals surface area contributed by atoms with Crippen LogP contribution in [-0.2, 0) is 4.79 Å². The molecule has 0 bridgehead atoms. The molecule has 3 rings (SSSR count). The quantitative estimate of drug-likeness (QED) is 0.847. The van der Waals surface area contributed by atoms with Crippen molar-refractivity contribution in [2.75, 3.05) is 31.1 Å². The SMILES string of the molecule is Cc1ccccc1C(=O)NC(C(=O)N1CCN(c2ccccc2C)CC1)C(C)C. The summed E-state index contributed by atoms with van der Waals surface area (Å²) in [6.45, 7) is 10.9. The van der Waals surface area contributed by atoms with Gasteiger partial charge in [-0.05, 0) is 43.0 Å². The Labute approximate surface area is 173 Å². The second kappa shape index (κ2) is 9.12. The lowest BCUT2D eigenvalue weighted by Gasteiger charge is -2.38. The minimum Gasteiger partial charge on any atom is -0.368 e. The van der Waals surface area contributed by atoms with E-state index in [1.54, 1.807) is 6.07 Å². The van der Waals surface area contributed by atoms with Crippen LogP contribution in [0.1, 0.15) is 35.3 Å². The van der Waals surface area contributed by atoms with Gasteiger partial charge in [-0.15, -0.1) is 0 Å². The maximum atomic E-state index is 13.2. The molecule has 0 aliphatic carbocycles. The van der Waals surface area contributed by atoms with E-state index in [0.717, 1.165) is 18.7 Å². The van der Waals surface area contributed by atoms with E-state index in [9.17, 15) is 9.59 Å². The number of hydrogen-bond acceptors (Lipinski definition) is 3. The van der Waals surface area contributed by atoms with Crippen molar-refractivity contribution in [1.29, 1.82) is 0 Å². The number of benzene rings is 2. The monoisotopic (exact) mass is 393 g/mol. The predicted octanol–water partition coefficient (Wildman–Crippen LogP) is 3.41. The Morgan fingerprint density at radius 1 is 0.862 bits per heavy atom. The number of anilines is 1. The molecule has 1 atom stereocenters. The van der Waals surface area contributed by atoms with Crippen molar-refractivity contribution in [1.82, 2.24) is 10.2 Å². The van der Waals surface area contributed by atoms with Gasteiger partial charge in [0, 0.05) is 37.4 Å². The summed E-state index contributed by atoms with van der Waals surface area (Å²) in [5.41, 5.74) is 4.01. The highest BCUT2D eigenvalue weighted by atomic mass is 16.2. The fraction of sp³-hybridized carbons (Fsp3) is 0.417. The van der Waals surface area contributed by atoms with Crippen molar-refractivity contribution in [3.63, 3.8) is 0 Å². The standard InChI is InChI=1S/C24H31N3O2/c1-17(2)22(25-23(28)20-11-7-5-9-18(20)3)24(29)27-15-13-26(14-16-27)21-12-8-6-10-19(21)4/h5-12,17,22H,13-16H2,1-4H3,(H,25,28). The van der Waals surface area contributed by atoms with E-state index in [1.165, 1.54) is 11.3 Å². The average molecular weight is 394 g/mol. The van der Waals surface area contributed by atoms with Crippen LogP contribution in [0.25, 0.3) is 0 Å². The largest absolute Gasteiger partial charge is 0.368 e. The van der Waals surface area contributed by atoms with Crippen LogP contribution in [0.15, 0.2) is 48.5 Å². The highest BCUT2D eigenvalue weighted by Crippen LogP contribution is 2.21. The molecule has 0 radical (unpaired) electrons. The minimum atomic E-state index is -0.521. The normalized spacial score (nSPS) is 15.3. The van der Waals surface area contributed by atoms with E-state index in [4.69, 9.17) is 0 Å². The molecule has 2 aromatic carbocycles. The molecule has 0 spiro atoms. The molecule has 2 amide bonds. The van der Waals surface area contributed by atoms with Crippen molar-refractivity contribution in [2.24, 2.45) is 5.92 Å². The third-order valence-electron chi connectivity index (χ3n) is 5.66. The Bertz CT molecular complexity index is 870. The number of carbonyl (C=O) groups excluding carboxylic acids is 2. The van der Waals surface area contributed by atoms with Gasteiger partial charge in [-0.2, -0.15) is 0 Å². The smallest absolute Gasteiger partial charge is 0.252 e. The molecular weight excluding hydrogens is 362 g/mol. The zero-order valence-corrected chi connectivity index (χ0v) is 17.8. The minimum absolute atomic E-state index is 0.00590. The highest BCUT2D eigenvalue weighted by molar-refractivity contribution is 5.98. The molecule has 1 aliphatic heterocycles. The second-order valence-electron chi connectivity index (χ2n) is 8.11. The number of nitrogens with zero attached hydrogens (tertiary/aromatic N) is 2. The Morgan fingerprint density at radius 3 is 2.03 bits per heavy atom. The highest BCUT2D eigenvalue weighted by Gasteiger charge is 2.31. The number of piperazine rings is 1. The summed E-state index contributed by atoms with van der Waals surface area (Å²) in [5.74, 6) is -0.162. The first-order chi connectivity index (χ1) is 13.9. The van der Waals surface area contributed by atoms with E-state index >= 15 is 0 Å². The third-order valence-corrected chi connectivity index (χ3v) is 5.66. The summed E-state index contributed by atoms with van der Waals surface area (Å²) in [6.07, 6.45) is 0. The fourth-order valence-corrected chi connectivity index (χ4v) is 3.84. The van der Waals surface area contributed by atoms with Gasteiger partial charge in [0.25, 0.3) is 5.91 Å². The molecule has 1 saturated heterocycles. The summed E-state index contributed by atoms with van der Waals surface area (Å²) >= 11 is 0. The first-order valence-electron chi connectivity index (χ1n) is 10.3. The Morgan fingerprint density at radius 2 is 1.45 bits per heavy atom. The molecule has 1 fully saturated rings.